The van der Waals surface area contributed by atoms with Gasteiger partial charge in [-0.25, -0.2) is 13.8 Å². The smallest absolute Gasteiger partial charge is 0.258 e. The van der Waals surface area contributed by atoms with Gasteiger partial charge in [-0.3, -0.25) is 10.1 Å². The van der Waals surface area contributed by atoms with Crippen LogP contribution in [0.3, 0.4) is 0 Å². The van der Waals surface area contributed by atoms with Gasteiger partial charge in [0, 0.05) is 17.9 Å². The minimum atomic E-state index is -0.693. The van der Waals surface area contributed by atoms with Gasteiger partial charge < -0.3 is 0 Å². The maximum absolute atomic E-state index is 13.0. The lowest BCUT2D eigenvalue weighted by Gasteiger charge is -2.03. The molecular weight excluding hydrogens is 300 g/mol. The van der Waals surface area contributed by atoms with E-state index in [9.17, 15) is 18.9 Å². The number of pyridine rings is 1. The average Bonchev–Trinajstić information content (AvgIpc) is 2.43. The molecular formula is C13H7F2N3O2S. The van der Waals surface area contributed by atoms with Crippen LogP contribution in [0.25, 0.3) is 0 Å². The van der Waals surface area contributed by atoms with Crippen molar-refractivity contribution in [3.63, 3.8) is 0 Å². The summed E-state index contributed by atoms with van der Waals surface area (Å²) in [5.41, 5.74) is -0.259. The molecule has 5 nitrogen and oxygen atoms in total. The lowest BCUT2D eigenvalue weighted by atomic mass is 10.2. The lowest BCUT2D eigenvalue weighted by molar-refractivity contribution is -0.385. The lowest BCUT2D eigenvalue weighted by Crippen LogP contribution is -1.96. The molecule has 106 valence electrons. The fourth-order valence-electron chi connectivity index (χ4n) is 1.60. The summed E-state index contributed by atoms with van der Waals surface area (Å²) in [6.07, 6.45) is 0. The van der Waals surface area contributed by atoms with Crippen LogP contribution in [0.15, 0.2) is 35.4 Å². The number of nitro groups is 1. The number of thioether (sulfide) groups is 1. The number of nitriles is 1. The number of nitrogens with zero attached hydrogens (tertiary/aromatic N) is 3. The summed E-state index contributed by atoms with van der Waals surface area (Å²) in [5, 5.41) is 19.9. The molecule has 0 saturated heterocycles. The fourth-order valence-corrected chi connectivity index (χ4v) is 2.40. The highest BCUT2D eigenvalue weighted by atomic mass is 32.2. The van der Waals surface area contributed by atoms with Crippen molar-refractivity contribution in [1.82, 2.24) is 4.98 Å². The first kappa shape index (κ1) is 14.9. The fraction of sp³-hybridized carbons (Fsp3) is 0.0769. The van der Waals surface area contributed by atoms with Gasteiger partial charge in [0.25, 0.3) is 0 Å². The van der Waals surface area contributed by atoms with Crippen LogP contribution in [0.2, 0.25) is 0 Å². The predicted octanol–water partition coefficient (Wildman–Crippen LogP) is 3.43. The van der Waals surface area contributed by atoms with Crippen LogP contribution in [0, 0.1) is 33.1 Å². The molecule has 0 saturated carbocycles. The number of hydrogen-bond donors (Lipinski definition) is 0. The van der Waals surface area contributed by atoms with E-state index in [0.29, 0.717) is 10.6 Å². The minimum Gasteiger partial charge on any atom is -0.258 e. The second kappa shape index (κ2) is 6.28. The molecule has 0 aliphatic carbocycles. The van der Waals surface area contributed by atoms with Crippen molar-refractivity contribution in [3.05, 3.63) is 63.3 Å². The molecule has 1 heterocycles. The van der Waals surface area contributed by atoms with Crippen molar-refractivity contribution < 1.29 is 13.7 Å². The Hall–Kier alpha value is -2.53. The Morgan fingerprint density at radius 3 is 2.52 bits per heavy atom. The summed E-state index contributed by atoms with van der Waals surface area (Å²) in [5.74, 6) is -1.13. The molecule has 2 rings (SSSR count). The maximum atomic E-state index is 13.0. The van der Waals surface area contributed by atoms with Gasteiger partial charge in [0.2, 0.25) is 5.69 Å². The zero-order valence-electron chi connectivity index (χ0n) is 10.4. The van der Waals surface area contributed by atoms with E-state index in [2.05, 4.69) is 4.98 Å². The quantitative estimate of drug-likeness (QED) is 0.491. The van der Waals surface area contributed by atoms with E-state index < -0.39 is 16.6 Å². The summed E-state index contributed by atoms with van der Waals surface area (Å²) < 4.78 is 26.1. The molecule has 0 aliphatic heterocycles. The highest BCUT2D eigenvalue weighted by Crippen LogP contribution is 2.25. The van der Waals surface area contributed by atoms with E-state index in [4.69, 9.17) is 5.26 Å². The summed E-state index contributed by atoms with van der Waals surface area (Å²) in [4.78, 5) is 13.8. The van der Waals surface area contributed by atoms with Gasteiger partial charge in [-0.2, -0.15) is 5.26 Å². The first-order valence-corrected chi connectivity index (χ1v) is 6.61. The van der Waals surface area contributed by atoms with Crippen molar-refractivity contribution in [2.24, 2.45) is 0 Å². The summed E-state index contributed by atoms with van der Waals surface area (Å²) in [6.45, 7) is 0. The number of rotatable bonds is 4. The van der Waals surface area contributed by atoms with Gasteiger partial charge in [0.1, 0.15) is 17.7 Å². The van der Waals surface area contributed by atoms with E-state index in [1.165, 1.54) is 24.3 Å². The van der Waals surface area contributed by atoms with Crippen LogP contribution < -0.4 is 0 Å². The molecule has 1 aromatic carbocycles. The SMILES string of the molecule is N#Cc1nc(SCc2cc(F)cc(F)c2)ccc1[N+](=O)[O-]. The summed E-state index contributed by atoms with van der Waals surface area (Å²) >= 11 is 1.12. The molecule has 21 heavy (non-hydrogen) atoms. The third-order valence-electron chi connectivity index (χ3n) is 2.46. The first-order valence-electron chi connectivity index (χ1n) is 5.63. The van der Waals surface area contributed by atoms with Crippen LogP contribution in [-0.4, -0.2) is 9.91 Å². The molecule has 0 atom stereocenters. The van der Waals surface area contributed by atoms with Gasteiger partial charge in [-0.1, -0.05) is 0 Å². The van der Waals surface area contributed by atoms with Gasteiger partial charge in [-0.05, 0) is 23.8 Å². The third-order valence-corrected chi connectivity index (χ3v) is 3.46. The Morgan fingerprint density at radius 2 is 1.95 bits per heavy atom. The third kappa shape index (κ3) is 3.73. The zero-order valence-corrected chi connectivity index (χ0v) is 11.2. The second-order valence-electron chi connectivity index (χ2n) is 3.95. The summed E-state index contributed by atoms with van der Waals surface area (Å²) in [7, 11) is 0. The topological polar surface area (TPSA) is 79.8 Å². The molecule has 0 amide bonds. The molecule has 2 aromatic rings. The monoisotopic (exact) mass is 307 g/mol. The Balaban J connectivity index is 2.17. The largest absolute Gasteiger partial charge is 0.305 e. The van der Waals surface area contributed by atoms with E-state index in [0.717, 1.165) is 17.8 Å². The Kier molecular flexibility index (Phi) is 4.45. The van der Waals surface area contributed by atoms with Crippen molar-refractivity contribution in [2.75, 3.05) is 0 Å². The molecule has 1 aromatic heterocycles. The van der Waals surface area contributed by atoms with E-state index in [1.807, 2.05) is 0 Å². The highest BCUT2D eigenvalue weighted by molar-refractivity contribution is 7.98. The number of halogens is 2. The van der Waals surface area contributed by atoms with E-state index >= 15 is 0 Å². The second-order valence-corrected chi connectivity index (χ2v) is 4.95. The number of benzene rings is 1. The molecule has 0 aliphatic rings. The zero-order chi connectivity index (χ0) is 15.4. The van der Waals surface area contributed by atoms with Crippen LogP contribution in [0.4, 0.5) is 14.5 Å². The Labute approximate surface area is 122 Å². The van der Waals surface area contributed by atoms with Gasteiger partial charge >= 0.3 is 5.69 Å². The number of aromatic nitrogens is 1. The van der Waals surface area contributed by atoms with Crippen LogP contribution in [-0.2, 0) is 5.75 Å². The first-order chi connectivity index (χ1) is 9.99. The minimum absolute atomic E-state index is 0.227. The molecule has 0 N–H and O–H groups in total. The van der Waals surface area contributed by atoms with Gasteiger partial charge in [0.15, 0.2) is 0 Å². The Bertz CT molecular complexity index is 726. The predicted molar refractivity (Wildman–Crippen MR) is 71.5 cm³/mol. The number of hydrogen-bond acceptors (Lipinski definition) is 5. The van der Waals surface area contributed by atoms with Crippen molar-refractivity contribution in [2.45, 2.75) is 10.8 Å². The average molecular weight is 307 g/mol. The molecule has 0 spiro atoms. The van der Waals surface area contributed by atoms with E-state index in [-0.39, 0.29) is 17.1 Å². The molecule has 0 fully saturated rings. The maximum Gasteiger partial charge on any atom is 0.305 e. The van der Waals surface area contributed by atoms with E-state index in [1.54, 1.807) is 6.07 Å². The molecule has 0 radical (unpaired) electrons. The van der Waals surface area contributed by atoms with Crippen molar-refractivity contribution in [1.29, 1.82) is 5.26 Å². The normalized spacial score (nSPS) is 10.1. The van der Waals surface area contributed by atoms with Crippen LogP contribution >= 0.6 is 11.8 Å². The molecule has 0 bridgehead atoms. The van der Waals surface area contributed by atoms with Crippen LogP contribution in [0.1, 0.15) is 11.3 Å². The summed E-state index contributed by atoms with van der Waals surface area (Å²) in [6, 6.07) is 7.36. The standard InChI is InChI=1S/C13H7F2N3O2S/c14-9-3-8(4-10(15)5-9)7-21-13-2-1-12(18(19)20)11(6-16)17-13/h1-5H,7H2. The Morgan fingerprint density at radius 1 is 1.29 bits per heavy atom. The van der Waals surface area contributed by atoms with Crippen LogP contribution in [0.5, 0.6) is 0 Å². The van der Waals surface area contributed by atoms with Crippen molar-refractivity contribution in [3.8, 4) is 6.07 Å². The van der Waals surface area contributed by atoms with Crippen molar-refractivity contribution >= 4 is 17.4 Å². The highest BCUT2D eigenvalue weighted by Gasteiger charge is 2.15. The van der Waals surface area contributed by atoms with Gasteiger partial charge in [0.05, 0.1) is 9.95 Å². The van der Waals surface area contributed by atoms with Gasteiger partial charge in [-0.15, -0.1) is 11.8 Å². The molecule has 8 heteroatoms. The molecule has 0 unspecified atom stereocenters.